The van der Waals surface area contributed by atoms with Gasteiger partial charge in [0, 0.05) is 42.3 Å². The second-order valence-corrected chi connectivity index (χ2v) is 10.4. The average molecular weight is 517 g/mol. The molecule has 0 bridgehead atoms. The van der Waals surface area contributed by atoms with Gasteiger partial charge in [-0.05, 0) is 42.9 Å². The molecule has 5 rings (SSSR count). The molecule has 2 heterocycles. The molecule has 0 atom stereocenters. The van der Waals surface area contributed by atoms with E-state index in [2.05, 4.69) is 32.3 Å². The molecule has 2 aromatic carbocycles. The van der Waals surface area contributed by atoms with E-state index >= 15 is 0 Å². The molecule has 2 aliphatic rings. The maximum atomic E-state index is 12.3. The Morgan fingerprint density at radius 2 is 1.89 bits per heavy atom. The lowest BCUT2D eigenvalue weighted by Gasteiger charge is -2.38. The van der Waals surface area contributed by atoms with Gasteiger partial charge in [0.15, 0.2) is 5.82 Å². The molecule has 190 valence electrons. The van der Waals surface area contributed by atoms with Crippen molar-refractivity contribution in [3.8, 4) is 11.1 Å². The molecule has 37 heavy (non-hydrogen) atoms. The molecule has 9 heteroatoms. The van der Waals surface area contributed by atoms with E-state index < -0.39 is 11.4 Å². The Labute approximate surface area is 221 Å². The van der Waals surface area contributed by atoms with E-state index in [1.165, 1.54) is 0 Å². The molecule has 8 nitrogen and oxygen atoms in total. The number of amides is 2. The van der Waals surface area contributed by atoms with E-state index in [9.17, 15) is 9.59 Å². The van der Waals surface area contributed by atoms with Gasteiger partial charge in [-0.25, -0.2) is 6.57 Å². The summed E-state index contributed by atoms with van der Waals surface area (Å²) in [5.41, 5.74) is 8.41. The van der Waals surface area contributed by atoms with Crippen molar-refractivity contribution in [1.29, 1.82) is 0 Å². The number of aromatic nitrogens is 2. The minimum Gasteiger partial charge on any atom is -0.365 e. The van der Waals surface area contributed by atoms with Crippen LogP contribution < -0.4 is 11.1 Å². The number of hydrogen-bond donors (Lipinski definition) is 2. The van der Waals surface area contributed by atoms with Crippen LogP contribution in [0.2, 0.25) is 5.02 Å². The van der Waals surface area contributed by atoms with Crippen LogP contribution >= 0.6 is 11.6 Å². The Balaban J connectivity index is 1.30. The number of rotatable bonds is 8. The molecule has 0 radical (unpaired) electrons. The first kappa shape index (κ1) is 25.0. The van der Waals surface area contributed by atoms with Crippen molar-refractivity contribution < 1.29 is 9.59 Å². The number of nitrogens with zero attached hydrogens (tertiary/aromatic N) is 4. The number of likely N-dealkylation sites (tertiary alicyclic amines) is 1. The highest BCUT2D eigenvalue weighted by molar-refractivity contribution is 6.33. The zero-order valence-corrected chi connectivity index (χ0v) is 21.2. The fraction of sp³-hybridized carbons (Fsp3) is 0.357. The SMILES string of the molecule is [C-]#[N+]CC1(n2cc(C(N)=O)c(NC(=O)C3CC3)n2)CCN(Cc2ccc(-c3ccccc3)c(Cl)c2)CC1. The number of benzene rings is 2. The van der Waals surface area contributed by atoms with Gasteiger partial charge >= 0.3 is 0 Å². The molecule has 1 aliphatic carbocycles. The highest BCUT2D eigenvalue weighted by Crippen LogP contribution is 2.35. The van der Waals surface area contributed by atoms with Gasteiger partial charge in [-0.2, -0.15) is 5.10 Å². The fourth-order valence-corrected chi connectivity index (χ4v) is 5.27. The van der Waals surface area contributed by atoms with Crippen molar-refractivity contribution >= 4 is 29.2 Å². The summed E-state index contributed by atoms with van der Waals surface area (Å²) in [4.78, 5) is 30.4. The Hall–Kier alpha value is -3.67. The molecule has 1 aromatic heterocycles. The Bertz CT molecular complexity index is 1350. The molecule has 2 fully saturated rings. The average Bonchev–Trinajstić information content (AvgIpc) is 3.66. The molecule has 0 spiro atoms. The number of carbonyl (C=O) groups is 2. The smallest absolute Gasteiger partial charge is 0.254 e. The van der Waals surface area contributed by atoms with E-state index in [4.69, 9.17) is 23.9 Å². The lowest BCUT2D eigenvalue weighted by molar-refractivity contribution is -0.117. The van der Waals surface area contributed by atoms with Gasteiger partial charge in [-0.1, -0.05) is 54.1 Å². The maximum Gasteiger partial charge on any atom is 0.254 e. The van der Waals surface area contributed by atoms with Gasteiger partial charge in [0.2, 0.25) is 12.5 Å². The summed E-state index contributed by atoms with van der Waals surface area (Å²) < 4.78 is 1.69. The van der Waals surface area contributed by atoms with Crippen LogP contribution in [0.3, 0.4) is 0 Å². The van der Waals surface area contributed by atoms with Crippen molar-refractivity contribution in [2.24, 2.45) is 11.7 Å². The summed E-state index contributed by atoms with van der Waals surface area (Å²) >= 11 is 6.62. The quantitative estimate of drug-likeness (QED) is 0.429. The van der Waals surface area contributed by atoms with Gasteiger partial charge in [0.1, 0.15) is 11.1 Å². The summed E-state index contributed by atoms with van der Waals surface area (Å²) in [6, 6.07) is 16.3. The van der Waals surface area contributed by atoms with Crippen LogP contribution in [0.4, 0.5) is 5.82 Å². The zero-order chi connectivity index (χ0) is 26.0. The van der Waals surface area contributed by atoms with Crippen molar-refractivity contribution in [2.45, 2.75) is 37.8 Å². The first-order valence-corrected chi connectivity index (χ1v) is 12.9. The summed E-state index contributed by atoms with van der Waals surface area (Å²) in [5, 5.41) is 8.04. The van der Waals surface area contributed by atoms with Gasteiger partial charge in [-0.15, -0.1) is 0 Å². The molecule has 2 amide bonds. The molecular formula is C28H29ClN6O2. The molecule has 1 saturated carbocycles. The number of nitrogens with two attached hydrogens (primary N) is 1. The van der Waals surface area contributed by atoms with Crippen LogP contribution in [0, 0.1) is 12.5 Å². The van der Waals surface area contributed by atoms with Gasteiger partial charge in [0.25, 0.3) is 5.91 Å². The Kier molecular flexibility index (Phi) is 7.00. The van der Waals surface area contributed by atoms with Gasteiger partial charge in [0.05, 0.1) is 0 Å². The number of hydrogen-bond acceptors (Lipinski definition) is 4. The van der Waals surface area contributed by atoms with Crippen molar-refractivity contribution in [1.82, 2.24) is 14.7 Å². The normalized spacial score (nSPS) is 17.2. The van der Waals surface area contributed by atoms with E-state index in [0.717, 1.165) is 54.2 Å². The number of nitrogens with one attached hydrogen (secondary N) is 1. The van der Waals surface area contributed by atoms with Gasteiger partial charge < -0.3 is 15.9 Å². The van der Waals surface area contributed by atoms with Crippen LogP contribution in [0.25, 0.3) is 16.0 Å². The third-order valence-corrected chi connectivity index (χ3v) is 7.65. The molecule has 1 aliphatic heterocycles. The van der Waals surface area contributed by atoms with Crippen LogP contribution in [0.15, 0.2) is 54.7 Å². The monoisotopic (exact) mass is 516 g/mol. The van der Waals surface area contributed by atoms with Crippen LogP contribution in [0.1, 0.15) is 41.6 Å². The Morgan fingerprint density at radius 1 is 1.16 bits per heavy atom. The minimum absolute atomic E-state index is 0.0263. The lowest BCUT2D eigenvalue weighted by atomic mass is 9.87. The van der Waals surface area contributed by atoms with Crippen molar-refractivity contribution in [3.05, 3.63) is 82.3 Å². The largest absolute Gasteiger partial charge is 0.365 e. The maximum absolute atomic E-state index is 12.3. The van der Waals surface area contributed by atoms with E-state index in [1.54, 1.807) is 10.9 Å². The molecule has 3 N–H and O–H groups in total. The fourth-order valence-electron chi connectivity index (χ4n) is 4.96. The molecule has 3 aromatic rings. The van der Waals surface area contributed by atoms with E-state index in [0.29, 0.717) is 12.8 Å². The van der Waals surface area contributed by atoms with E-state index in [-0.39, 0.29) is 29.8 Å². The Morgan fingerprint density at radius 3 is 2.51 bits per heavy atom. The van der Waals surface area contributed by atoms with Crippen molar-refractivity contribution in [2.75, 3.05) is 25.0 Å². The predicted octanol–water partition coefficient (Wildman–Crippen LogP) is 4.56. The standard InChI is InChI=1S/C28H29ClN6O2/c1-31-18-28(35-17-23(25(30)36)26(33-35)32-27(37)21-8-9-21)11-13-34(14-12-28)16-19-7-10-22(24(29)15-19)20-5-3-2-4-6-20/h2-7,10,15,17,21H,8-9,11-14,16,18H2,(H2,30,36)(H,32,33,37). The lowest BCUT2D eigenvalue weighted by Crippen LogP contribution is -2.48. The number of carbonyl (C=O) groups excluding carboxylic acids is 2. The third-order valence-electron chi connectivity index (χ3n) is 7.34. The number of primary amides is 1. The third kappa shape index (κ3) is 5.38. The van der Waals surface area contributed by atoms with E-state index in [1.807, 2.05) is 36.4 Å². The molecule has 1 saturated heterocycles. The summed E-state index contributed by atoms with van der Waals surface area (Å²) in [5.74, 6) is -0.631. The summed E-state index contributed by atoms with van der Waals surface area (Å²) in [6.07, 6.45) is 4.64. The second kappa shape index (κ2) is 10.4. The van der Waals surface area contributed by atoms with Gasteiger partial charge in [-0.3, -0.25) is 19.2 Å². The van der Waals surface area contributed by atoms with Crippen LogP contribution in [0.5, 0.6) is 0 Å². The highest BCUT2D eigenvalue weighted by atomic mass is 35.5. The first-order valence-electron chi connectivity index (χ1n) is 12.5. The minimum atomic E-state index is -0.649. The second-order valence-electron chi connectivity index (χ2n) is 9.96. The highest BCUT2D eigenvalue weighted by Gasteiger charge is 2.41. The number of anilines is 1. The summed E-state index contributed by atoms with van der Waals surface area (Å²) in [6.45, 7) is 10.1. The first-order chi connectivity index (χ1) is 17.9. The number of piperidine rings is 1. The topological polar surface area (TPSA) is 97.6 Å². The number of halogens is 1. The summed E-state index contributed by atoms with van der Waals surface area (Å²) in [7, 11) is 0. The van der Waals surface area contributed by atoms with Crippen LogP contribution in [-0.2, 0) is 16.9 Å². The predicted molar refractivity (Wildman–Crippen MR) is 143 cm³/mol. The zero-order valence-electron chi connectivity index (χ0n) is 20.5. The van der Waals surface area contributed by atoms with Crippen molar-refractivity contribution in [3.63, 3.8) is 0 Å². The molecule has 0 unspecified atom stereocenters. The molecular weight excluding hydrogens is 488 g/mol. The van der Waals surface area contributed by atoms with Crippen LogP contribution in [-0.4, -0.2) is 46.1 Å².